The molecule has 3 nitrogen and oxygen atoms in total. The normalized spacial score (nSPS) is 17.6. The third-order valence-electron chi connectivity index (χ3n) is 3.20. The van der Waals surface area contributed by atoms with E-state index in [-0.39, 0.29) is 0 Å². The molecule has 2 N–H and O–H groups in total. The van der Waals surface area contributed by atoms with Crippen LogP contribution in [0.4, 0.5) is 0 Å². The van der Waals surface area contributed by atoms with Gasteiger partial charge in [-0.25, -0.2) is 0 Å². The van der Waals surface area contributed by atoms with Crippen LogP contribution in [0.2, 0.25) is 0 Å². The molecule has 2 heterocycles. The van der Waals surface area contributed by atoms with Gasteiger partial charge in [0, 0.05) is 46.6 Å². The summed E-state index contributed by atoms with van der Waals surface area (Å²) in [4.78, 5) is 5.09. The van der Waals surface area contributed by atoms with Crippen molar-refractivity contribution < 1.29 is 5.11 Å². The number of aliphatic hydroxyl groups is 1. The highest BCUT2D eigenvalue weighted by Crippen LogP contribution is 2.34. The lowest BCUT2D eigenvalue weighted by Crippen LogP contribution is -2.24. The molecule has 0 fully saturated rings. The van der Waals surface area contributed by atoms with E-state index in [0.29, 0.717) is 0 Å². The van der Waals surface area contributed by atoms with Gasteiger partial charge in [-0.15, -0.1) is 0 Å². The summed E-state index contributed by atoms with van der Waals surface area (Å²) in [7, 11) is 1.93. The van der Waals surface area contributed by atoms with E-state index >= 15 is 0 Å². The molecule has 1 aromatic carbocycles. The van der Waals surface area contributed by atoms with Gasteiger partial charge in [0.2, 0.25) is 0 Å². The zero-order valence-electron chi connectivity index (χ0n) is 9.89. The molecule has 0 saturated heterocycles. The van der Waals surface area contributed by atoms with Crippen LogP contribution < -0.4 is 0 Å². The molecule has 0 aliphatic carbocycles. The summed E-state index contributed by atoms with van der Waals surface area (Å²) in [5.74, 6) is 0. The van der Waals surface area contributed by atoms with Crippen molar-refractivity contribution in [3.8, 4) is 0 Å². The van der Waals surface area contributed by atoms with Crippen molar-refractivity contribution in [3.05, 3.63) is 59.0 Å². The number of hydrogen-bond donors (Lipinski definition) is 2. The number of fused-ring (bicyclic) bond motifs is 1. The summed E-state index contributed by atoms with van der Waals surface area (Å²) in [6.07, 6.45) is 9.15. The highest BCUT2D eigenvalue weighted by molar-refractivity contribution is 9.10. The summed E-state index contributed by atoms with van der Waals surface area (Å²) in [6, 6.07) is 5.99. The smallest absolute Gasteiger partial charge is 0.132 e. The lowest BCUT2D eigenvalue weighted by molar-refractivity contribution is 0.139. The molecular formula is C14H13BrN2O. The summed E-state index contributed by atoms with van der Waals surface area (Å²) in [5.41, 5.74) is 0.827. The number of H-pyrrole nitrogens is 1. The number of aromatic amines is 1. The van der Waals surface area contributed by atoms with Gasteiger partial charge in [-0.3, -0.25) is 0 Å². The van der Waals surface area contributed by atoms with Crippen LogP contribution in [-0.2, 0) is 5.60 Å². The maximum atomic E-state index is 10.7. The monoisotopic (exact) mass is 304 g/mol. The predicted molar refractivity (Wildman–Crippen MR) is 75.9 cm³/mol. The minimum atomic E-state index is -1.05. The molecule has 4 heteroatoms. The molecule has 18 heavy (non-hydrogen) atoms. The Morgan fingerprint density at radius 3 is 2.72 bits per heavy atom. The highest BCUT2D eigenvalue weighted by Gasteiger charge is 2.28. The second-order valence-electron chi connectivity index (χ2n) is 4.51. The van der Waals surface area contributed by atoms with Crippen LogP contribution in [0.25, 0.3) is 10.9 Å². The second-order valence-corrected chi connectivity index (χ2v) is 5.43. The van der Waals surface area contributed by atoms with Crippen molar-refractivity contribution in [2.24, 2.45) is 0 Å². The van der Waals surface area contributed by atoms with Crippen molar-refractivity contribution in [3.63, 3.8) is 0 Å². The first-order valence-corrected chi connectivity index (χ1v) is 6.48. The first-order valence-electron chi connectivity index (χ1n) is 5.69. The van der Waals surface area contributed by atoms with Gasteiger partial charge in [0.05, 0.1) is 0 Å². The fourth-order valence-electron chi connectivity index (χ4n) is 2.17. The van der Waals surface area contributed by atoms with Crippen molar-refractivity contribution in [1.82, 2.24) is 9.88 Å². The van der Waals surface area contributed by atoms with E-state index in [2.05, 4.69) is 20.9 Å². The summed E-state index contributed by atoms with van der Waals surface area (Å²) < 4.78 is 1.00. The van der Waals surface area contributed by atoms with Gasteiger partial charge >= 0.3 is 0 Å². The molecule has 0 unspecified atom stereocenters. The Hall–Kier alpha value is -1.52. The van der Waals surface area contributed by atoms with Crippen LogP contribution in [0.5, 0.6) is 0 Å². The molecule has 0 spiro atoms. The van der Waals surface area contributed by atoms with Crippen molar-refractivity contribution in [1.29, 1.82) is 0 Å². The Balaban J connectivity index is 2.18. The Morgan fingerprint density at radius 2 is 2.00 bits per heavy atom. The van der Waals surface area contributed by atoms with E-state index in [0.717, 1.165) is 20.9 Å². The number of hydrogen-bond acceptors (Lipinski definition) is 2. The molecule has 1 aliphatic heterocycles. The molecule has 0 saturated carbocycles. The zero-order chi connectivity index (χ0) is 12.8. The molecule has 1 aromatic heterocycles. The number of benzene rings is 1. The highest BCUT2D eigenvalue weighted by atomic mass is 79.9. The fourth-order valence-corrected chi connectivity index (χ4v) is 2.53. The first kappa shape index (κ1) is 11.6. The third kappa shape index (κ3) is 1.78. The molecule has 1 aliphatic rings. The second kappa shape index (κ2) is 4.00. The van der Waals surface area contributed by atoms with Gasteiger partial charge in [0.1, 0.15) is 5.60 Å². The first-order chi connectivity index (χ1) is 8.58. The van der Waals surface area contributed by atoms with Crippen LogP contribution in [0.15, 0.2) is 53.4 Å². The summed E-state index contributed by atoms with van der Waals surface area (Å²) >= 11 is 3.46. The number of rotatable bonds is 1. The number of halogens is 1. The topological polar surface area (TPSA) is 39.3 Å². The van der Waals surface area contributed by atoms with Crippen LogP contribution in [0, 0.1) is 0 Å². The fraction of sp³-hybridized carbons (Fsp3) is 0.143. The van der Waals surface area contributed by atoms with Crippen LogP contribution in [-0.4, -0.2) is 22.0 Å². The number of aromatic nitrogens is 1. The third-order valence-corrected chi connectivity index (χ3v) is 3.70. The van der Waals surface area contributed by atoms with Crippen LogP contribution in [0.1, 0.15) is 5.56 Å². The van der Waals surface area contributed by atoms with Crippen LogP contribution >= 0.6 is 15.9 Å². The molecular weight excluding hydrogens is 292 g/mol. The summed E-state index contributed by atoms with van der Waals surface area (Å²) in [6.45, 7) is 0. The molecule has 3 rings (SSSR count). The van der Waals surface area contributed by atoms with Gasteiger partial charge in [0.15, 0.2) is 0 Å². The molecule has 92 valence electrons. The Morgan fingerprint density at radius 1 is 1.28 bits per heavy atom. The summed E-state index contributed by atoms with van der Waals surface area (Å²) in [5, 5.41) is 11.7. The quantitative estimate of drug-likeness (QED) is 0.850. The Kier molecular flexibility index (Phi) is 2.57. The predicted octanol–water partition coefficient (Wildman–Crippen LogP) is 3.09. The lowest BCUT2D eigenvalue weighted by atomic mass is 9.92. The molecule has 0 bridgehead atoms. The molecule has 0 atom stereocenters. The number of nitrogens with zero attached hydrogens (tertiary/aromatic N) is 1. The molecule has 0 amide bonds. The van der Waals surface area contributed by atoms with E-state index in [1.165, 1.54) is 0 Å². The van der Waals surface area contributed by atoms with Gasteiger partial charge < -0.3 is 15.0 Å². The van der Waals surface area contributed by atoms with E-state index in [1.807, 2.05) is 48.7 Å². The largest absolute Gasteiger partial charge is 0.377 e. The van der Waals surface area contributed by atoms with Gasteiger partial charge in [-0.1, -0.05) is 15.9 Å². The number of nitrogens with one attached hydrogen (secondary N) is 1. The average molecular weight is 305 g/mol. The lowest BCUT2D eigenvalue weighted by Gasteiger charge is -2.25. The minimum Gasteiger partial charge on any atom is -0.377 e. The van der Waals surface area contributed by atoms with E-state index < -0.39 is 5.60 Å². The zero-order valence-corrected chi connectivity index (χ0v) is 11.5. The maximum absolute atomic E-state index is 10.7. The van der Waals surface area contributed by atoms with Crippen molar-refractivity contribution in [2.45, 2.75) is 5.60 Å². The van der Waals surface area contributed by atoms with Crippen molar-refractivity contribution in [2.75, 3.05) is 7.05 Å². The Bertz CT molecular complexity index is 643. The van der Waals surface area contributed by atoms with E-state index in [1.54, 1.807) is 12.2 Å². The molecule has 2 aromatic rings. The molecule has 0 radical (unpaired) electrons. The van der Waals surface area contributed by atoms with E-state index in [4.69, 9.17) is 0 Å². The van der Waals surface area contributed by atoms with Crippen molar-refractivity contribution >= 4 is 26.8 Å². The van der Waals surface area contributed by atoms with E-state index in [9.17, 15) is 5.11 Å². The van der Waals surface area contributed by atoms with Gasteiger partial charge in [-0.2, -0.15) is 0 Å². The standard InChI is InChI=1S/C14H13BrN2O/c1-17-6-4-14(18,5-7-17)12-9-16-13-3-2-10(15)8-11(12)13/h2-9,16,18H,1H3. The minimum absolute atomic E-state index is 0.861. The average Bonchev–Trinajstić information content (AvgIpc) is 2.77. The van der Waals surface area contributed by atoms with Gasteiger partial charge in [-0.05, 0) is 30.4 Å². The van der Waals surface area contributed by atoms with Crippen LogP contribution in [0.3, 0.4) is 0 Å². The maximum Gasteiger partial charge on any atom is 0.132 e. The SMILES string of the molecule is CN1C=CC(O)(c2c[nH]c3ccc(Br)cc23)C=C1. The van der Waals surface area contributed by atoms with Gasteiger partial charge in [0.25, 0.3) is 0 Å². The Labute approximate surface area is 114 Å².